The predicted octanol–water partition coefficient (Wildman–Crippen LogP) is 4.66. The van der Waals surface area contributed by atoms with Gasteiger partial charge in [0, 0.05) is 6.04 Å². The van der Waals surface area contributed by atoms with Crippen molar-refractivity contribution < 1.29 is 0 Å². The zero-order chi connectivity index (χ0) is 13.7. The Morgan fingerprint density at radius 2 is 2.21 bits per heavy atom. The maximum atomic E-state index is 6.10. The number of hydrogen-bond acceptors (Lipinski definition) is 2. The highest BCUT2D eigenvalue weighted by Crippen LogP contribution is 2.29. The lowest BCUT2D eigenvalue weighted by Crippen LogP contribution is -2.38. The van der Waals surface area contributed by atoms with Gasteiger partial charge in [-0.2, -0.15) is 11.8 Å². The van der Waals surface area contributed by atoms with E-state index in [0.29, 0.717) is 16.1 Å². The van der Waals surface area contributed by atoms with Gasteiger partial charge in [-0.15, -0.1) is 0 Å². The van der Waals surface area contributed by atoms with Gasteiger partial charge in [-0.05, 0) is 60.9 Å². The van der Waals surface area contributed by atoms with Crippen LogP contribution in [0.15, 0.2) is 18.2 Å². The number of halogens is 2. The Hall–Kier alpha value is 0.110. The maximum absolute atomic E-state index is 6.10. The first kappa shape index (κ1) is 15.5. The van der Waals surface area contributed by atoms with Crippen molar-refractivity contribution in [2.75, 3.05) is 18.1 Å². The minimum atomic E-state index is 0.562. The van der Waals surface area contributed by atoms with E-state index in [1.807, 2.05) is 12.1 Å². The molecule has 2 rings (SSSR count). The summed E-state index contributed by atoms with van der Waals surface area (Å²) in [6, 6.07) is 6.57. The molecule has 1 saturated heterocycles. The van der Waals surface area contributed by atoms with Crippen LogP contribution in [0.3, 0.4) is 0 Å². The molecule has 106 valence electrons. The molecule has 0 amide bonds. The summed E-state index contributed by atoms with van der Waals surface area (Å²) < 4.78 is 0. The summed E-state index contributed by atoms with van der Waals surface area (Å²) in [7, 11) is 0. The second-order valence-electron chi connectivity index (χ2n) is 5.14. The Labute approximate surface area is 130 Å². The zero-order valence-corrected chi connectivity index (χ0v) is 13.6. The van der Waals surface area contributed by atoms with Crippen LogP contribution in [0.1, 0.15) is 25.3 Å². The third-order valence-corrected chi connectivity index (χ3v) is 5.56. The summed E-state index contributed by atoms with van der Waals surface area (Å²) in [6.45, 7) is 3.31. The molecule has 1 heterocycles. The first-order chi connectivity index (χ1) is 9.20. The monoisotopic (exact) mass is 317 g/mol. The molecule has 19 heavy (non-hydrogen) atoms. The van der Waals surface area contributed by atoms with Gasteiger partial charge >= 0.3 is 0 Å². The van der Waals surface area contributed by atoms with E-state index in [1.54, 1.807) is 0 Å². The number of hydrogen-bond donors (Lipinski definition) is 1. The maximum Gasteiger partial charge on any atom is 0.0595 e. The number of nitrogens with one attached hydrogen (secondary N) is 1. The molecule has 0 bridgehead atoms. The largest absolute Gasteiger partial charge is 0.313 e. The number of rotatable bonds is 6. The van der Waals surface area contributed by atoms with Gasteiger partial charge in [0.25, 0.3) is 0 Å². The van der Waals surface area contributed by atoms with Crippen LogP contribution in [0.4, 0.5) is 0 Å². The van der Waals surface area contributed by atoms with Crippen molar-refractivity contribution in [2.24, 2.45) is 5.92 Å². The summed E-state index contributed by atoms with van der Waals surface area (Å²) in [6.07, 6.45) is 3.55. The first-order valence-corrected chi connectivity index (χ1v) is 8.86. The van der Waals surface area contributed by atoms with Crippen LogP contribution < -0.4 is 5.32 Å². The van der Waals surface area contributed by atoms with Crippen LogP contribution in [0.25, 0.3) is 0 Å². The van der Waals surface area contributed by atoms with E-state index in [2.05, 4.69) is 30.1 Å². The Morgan fingerprint density at radius 1 is 1.37 bits per heavy atom. The Morgan fingerprint density at radius 3 is 2.84 bits per heavy atom. The molecule has 0 spiro atoms. The second kappa shape index (κ2) is 7.78. The third-order valence-electron chi connectivity index (χ3n) is 3.63. The quantitative estimate of drug-likeness (QED) is 0.819. The summed E-state index contributed by atoms with van der Waals surface area (Å²) in [4.78, 5) is 0. The van der Waals surface area contributed by atoms with Gasteiger partial charge in [0.15, 0.2) is 0 Å². The van der Waals surface area contributed by atoms with Gasteiger partial charge in [0.2, 0.25) is 0 Å². The first-order valence-electron chi connectivity index (χ1n) is 6.95. The predicted molar refractivity (Wildman–Crippen MR) is 87.7 cm³/mol. The number of thioether (sulfide) groups is 1. The molecule has 0 aliphatic carbocycles. The van der Waals surface area contributed by atoms with Gasteiger partial charge < -0.3 is 5.32 Å². The third kappa shape index (κ3) is 4.56. The normalized spacial score (nSPS) is 20.7. The molecule has 2 atom stereocenters. The van der Waals surface area contributed by atoms with Crippen molar-refractivity contribution >= 4 is 35.0 Å². The van der Waals surface area contributed by atoms with Gasteiger partial charge in [-0.1, -0.05) is 36.2 Å². The molecule has 2 unspecified atom stereocenters. The standard InChI is InChI=1S/C15H21Cl2NS/c1-2-6-18-15(12-5-7-19-10-12)9-11-3-4-13(16)14(17)8-11/h3-4,8,12,15,18H,2,5-7,9-10H2,1H3. The van der Waals surface area contributed by atoms with E-state index in [4.69, 9.17) is 23.2 Å². The van der Waals surface area contributed by atoms with Gasteiger partial charge in [-0.3, -0.25) is 0 Å². The second-order valence-corrected chi connectivity index (χ2v) is 7.10. The van der Waals surface area contributed by atoms with Crippen molar-refractivity contribution in [2.45, 2.75) is 32.2 Å². The van der Waals surface area contributed by atoms with Crippen molar-refractivity contribution in [3.63, 3.8) is 0 Å². The van der Waals surface area contributed by atoms with Crippen molar-refractivity contribution in [3.05, 3.63) is 33.8 Å². The molecule has 0 saturated carbocycles. The number of benzene rings is 1. The van der Waals surface area contributed by atoms with Crippen LogP contribution in [-0.4, -0.2) is 24.1 Å². The minimum absolute atomic E-state index is 0.562. The highest BCUT2D eigenvalue weighted by Gasteiger charge is 2.25. The lowest BCUT2D eigenvalue weighted by Gasteiger charge is -2.24. The van der Waals surface area contributed by atoms with Crippen molar-refractivity contribution in [1.82, 2.24) is 5.32 Å². The fourth-order valence-electron chi connectivity index (χ4n) is 2.53. The molecule has 1 nitrogen and oxygen atoms in total. The molecule has 1 aromatic carbocycles. The molecule has 1 aromatic rings. The summed E-state index contributed by atoms with van der Waals surface area (Å²) in [5.41, 5.74) is 1.28. The summed E-state index contributed by atoms with van der Waals surface area (Å²) in [5, 5.41) is 5.00. The molecule has 1 fully saturated rings. The SMILES string of the molecule is CCCNC(Cc1ccc(Cl)c(Cl)c1)C1CCSC1. The average molecular weight is 318 g/mol. The van der Waals surface area contributed by atoms with Crippen LogP contribution in [0.5, 0.6) is 0 Å². The Balaban J connectivity index is 2.03. The van der Waals surface area contributed by atoms with Crippen molar-refractivity contribution in [1.29, 1.82) is 0 Å². The van der Waals surface area contributed by atoms with Crippen LogP contribution in [0, 0.1) is 5.92 Å². The molecule has 1 aliphatic rings. The summed E-state index contributed by atoms with van der Waals surface area (Å²) >= 11 is 14.2. The lowest BCUT2D eigenvalue weighted by molar-refractivity contribution is 0.380. The highest BCUT2D eigenvalue weighted by molar-refractivity contribution is 7.99. The minimum Gasteiger partial charge on any atom is -0.313 e. The van der Waals surface area contributed by atoms with Crippen LogP contribution >= 0.6 is 35.0 Å². The van der Waals surface area contributed by atoms with E-state index in [0.717, 1.165) is 18.9 Å². The van der Waals surface area contributed by atoms with Crippen LogP contribution in [-0.2, 0) is 6.42 Å². The Kier molecular flexibility index (Phi) is 6.34. The molecule has 0 radical (unpaired) electrons. The average Bonchev–Trinajstić information content (AvgIpc) is 2.92. The van der Waals surface area contributed by atoms with E-state index in [1.165, 1.54) is 29.9 Å². The van der Waals surface area contributed by atoms with E-state index < -0.39 is 0 Å². The van der Waals surface area contributed by atoms with Gasteiger partial charge in [0.1, 0.15) is 0 Å². The molecule has 1 N–H and O–H groups in total. The Bertz CT molecular complexity index is 405. The smallest absolute Gasteiger partial charge is 0.0595 e. The topological polar surface area (TPSA) is 12.0 Å². The van der Waals surface area contributed by atoms with E-state index in [9.17, 15) is 0 Å². The van der Waals surface area contributed by atoms with E-state index in [-0.39, 0.29) is 0 Å². The molecule has 4 heteroatoms. The van der Waals surface area contributed by atoms with Gasteiger partial charge in [-0.25, -0.2) is 0 Å². The zero-order valence-electron chi connectivity index (χ0n) is 11.3. The molecular formula is C15H21Cl2NS. The fraction of sp³-hybridized carbons (Fsp3) is 0.600. The van der Waals surface area contributed by atoms with Crippen LogP contribution in [0.2, 0.25) is 10.0 Å². The van der Waals surface area contributed by atoms with Crippen molar-refractivity contribution in [3.8, 4) is 0 Å². The lowest BCUT2D eigenvalue weighted by atomic mass is 9.93. The molecule has 1 aliphatic heterocycles. The van der Waals surface area contributed by atoms with Gasteiger partial charge in [0.05, 0.1) is 10.0 Å². The molecule has 0 aromatic heterocycles. The highest BCUT2D eigenvalue weighted by atomic mass is 35.5. The fourth-order valence-corrected chi connectivity index (χ4v) is 4.18. The van der Waals surface area contributed by atoms with E-state index >= 15 is 0 Å². The molecular weight excluding hydrogens is 297 g/mol. The summed E-state index contributed by atoms with van der Waals surface area (Å²) in [5.74, 6) is 3.37.